The quantitative estimate of drug-likeness (QED) is 0.448. The van der Waals surface area contributed by atoms with Crippen molar-refractivity contribution in [2.45, 2.75) is 31.0 Å². The van der Waals surface area contributed by atoms with Crippen molar-refractivity contribution >= 4 is 35.0 Å². The first-order chi connectivity index (χ1) is 13.1. The number of hydrogen-bond acceptors (Lipinski definition) is 5. The highest BCUT2D eigenvalue weighted by Gasteiger charge is 2.14. The first-order valence-corrected chi connectivity index (χ1v) is 10.1. The van der Waals surface area contributed by atoms with E-state index in [-0.39, 0.29) is 0 Å². The second-order valence-corrected chi connectivity index (χ2v) is 7.35. The predicted molar refractivity (Wildman–Crippen MR) is 109 cm³/mol. The maximum absolute atomic E-state index is 6.24. The molecule has 0 radical (unpaired) electrons. The number of thioether (sulfide) groups is 1. The third-order valence-electron chi connectivity index (χ3n) is 3.94. The number of aromatic nitrogens is 3. The van der Waals surface area contributed by atoms with Gasteiger partial charge in [-0.15, -0.1) is 10.2 Å². The first-order valence-electron chi connectivity index (χ1n) is 8.37. The van der Waals surface area contributed by atoms with E-state index in [2.05, 4.69) is 10.2 Å². The first kappa shape index (κ1) is 19.9. The number of benzene rings is 2. The van der Waals surface area contributed by atoms with Crippen molar-refractivity contribution in [2.75, 3.05) is 7.11 Å². The fourth-order valence-corrected chi connectivity index (χ4v) is 4.24. The molecule has 0 saturated heterocycles. The van der Waals surface area contributed by atoms with E-state index >= 15 is 0 Å². The third kappa shape index (κ3) is 4.89. The van der Waals surface area contributed by atoms with E-state index in [0.29, 0.717) is 22.4 Å². The van der Waals surface area contributed by atoms with Gasteiger partial charge in [-0.1, -0.05) is 41.0 Å². The smallest absolute Gasteiger partial charge is 0.191 e. The molecular weight excluding hydrogens is 405 g/mol. The van der Waals surface area contributed by atoms with Crippen LogP contribution in [0.1, 0.15) is 18.3 Å². The lowest BCUT2D eigenvalue weighted by Gasteiger charge is -2.10. The Bertz CT molecular complexity index is 880. The van der Waals surface area contributed by atoms with Gasteiger partial charge in [-0.2, -0.15) is 0 Å². The Morgan fingerprint density at radius 2 is 1.67 bits per heavy atom. The Balaban J connectivity index is 1.67. The SMILES string of the molecule is CCn1c(COc2ccc(OC)cc2)nnc1SCc1c(Cl)cccc1Cl. The monoisotopic (exact) mass is 423 g/mol. The minimum absolute atomic E-state index is 0.334. The van der Waals surface area contributed by atoms with Crippen molar-refractivity contribution in [1.82, 2.24) is 14.8 Å². The summed E-state index contributed by atoms with van der Waals surface area (Å²) in [4.78, 5) is 0. The highest BCUT2D eigenvalue weighted by molar-refractivity contribution is 7.98. The molecule has 27 heavy (non-hydrogen) atoms. The Morgan fingerprint density at radius 1 is 1.00 bits per heavy atom. The Morgan fingerprint density at radius 3 is 2.30 bits per heavy atom. The molecule has 3 rings (SSSR count). The van der Waals surface area contributed by atoms with Crippen LogP contribution in [0, 0.1) is 0 Å². The number of rotatable bonds is 8. The molecule has 3 aromatic rings. The molecule has 0 bridgehead atoms. The predicted octanol–water partition coefficient (Wildman–Crippen LogP) is 5.48. The zero-order valence-electron chi connectivity index (χ0n) is 15.0. The summed E-state index contributed by atoms with van der Waals surface area (Å²) in [6.45, 7) is 3.13. The van der Waals surface area contributed by atoms with Gasteiger partial charge in [-0.25, -0.2) is 0 Å². The van der Waals surface area contributed by atoms with Crippen molar-refractivity contribution in [3.05, 3.63) is 63.9 Å². The molecular formula is C19H19Cl2N3O2S. The van der Waals surface area contributed by atoms with Crippen LogP contribution in [0.3, 0.4) is 0 Å². The largest absolute Gasteiger partial charge is 0.497 e. The fourth-order valence-electron chi connectivity index (χ4n) is 2.48. The molecule has 0 unspecified atom stereocenters. The van der Waals surface area contributed by atoms with E-state index in [1.165, 1.54) is 0 Å². The van der Waals surface area contributed by atoms with Crippen molar-refractivity contribution in [3.8, 4) is 11.5 Å². The zero-order valence-corrected chi connectivity index (χ0v) is 17.3. The maximum Gasteiger partial charge on any atom is 0.191 e. The molecule has 0 aliphatic carbocycles. The molecule has 0 atom stereocenters. The van der Waals surface area contributed by atoms with Crippen LogP contribution in [0.4, 0.5) is 0 Å². The minimum Gasteiger partial charge on any atom is -0.497 e. The van der Waals surface area contributed by atoms with E-state index in [1.807, 2.05) is 54.0 Å². The maximum atomic E-state index is 6.24. The third-order valence-corrected chi connectivity index (χ3v) is 5.65. The molecule has 0 aliphatic rings. The number of halogens is 2. The average molecular weight is 424 g/mol. The Kier molecular flexibility index (Phi) is 6.88. The number of hydrogen-bond donors (Lipinski definition) is 0. The van der Waals surface area contributed by atoms with Gasteiger partial charge in [0.05, 0.1) is 7.11 Å². The zero-order chi connectivity index (χ0) is 19.2. The number of nitrogens with zero attached hydrogens (tertiary/aromatic N) is 3. The second kappa shape index (κ2) is 9.35. The summed E-state index contributed by atoms with van der Waals surface area (Å²) in [5.74, 6) is 2.92. The minimum atomic E-state index is 0.334. The molecule has 1 heterocycles. The molecule has 1 aromatic heterocycles. The molecule has 0 N–H and O–H groups in total. The Hall–Kier alpha value is -1.89. The Labute approximate surface area is 172 Å². The summed E-state index contributed by atoms with van der Waals surface area (Å²) in [6.07, 6.45) is 0. The van der Waals surface area contributed by atoms with Gasteiger partial charge in [0, 0.05) is 22.3 Å². The van der Waals surface area contributed by atoms with Crippen molar-refractivity contribution in [2.24, 2.45) is 0 Å². The molecule has 5 nitrogen and oxygen atoms in total. The van der Waals surface area contributed by atoms with E-state index in [1.54, 1.807) is 18.9 Å². The van der Waals surface area contributed by atoms with E-state index in [0.717, 1.165) is 34.6 Å². The van der Waals surface area contributed by atoms with Gasteiger partial charge < -0.3 is 14.0 Å². The molecule has 8 heteroatoms. The summed E-state index contributed by atoms with van der Waals surface area (Å²) in [6, 6.07) is 12.9. The molecule has 0 amide bonds. The summed E-state index contributed by atoms with van der Waals surface area (Å²) in [7, 11) is 1.63. The summed E-state index contributed by atoms with van der Waals surface area (Å²) in [5.41, 5.74) is 0.896. The van der Waals surface area contributed by atoms with Crippen molar-refractivity contribution in [1.29, 1.82) is 0 Å². The molecule has 0 spiro atoms. The lowest BCUT2D eigenvalue weighted by Crippen LogP contribution is -2.07. The van der Waals surface area contributed by atoms with E-state index in [9.17, 15) is 0 Å². The summed E-state index contributed by atoms with van der Waals surface area (Å²) >= 11 is 14.0. The van der Waals surface area contributed by atoms with Gasteiger partial charge in [0.2, 0.25) is 0 Å². The molecule has 142 valence electrons. The average Bonchev–Trinajstić information content (AvgIpc) is 3.08. The molecule has 0 saturated carbocycles. The highest BCUT2D eigenvalue weighted by atomic mass is 35.5. The normalized spacial score (nSPS) is 10.8. The lowest BCUT2D eigenvalue weighted by atomic mass is 10.2. The number of methoxy groups -OCH3 is 1. The van der Waals surface area contributed by atoms with Crippen molar-refractivity contribution in [3.63, 3.8) is 0 Å². The topological polar surface area (TPSA) is 49.2 Å². The summed E-state index contributed by atoms with van der Waals surface area (Å²) in [5, 5.41) is 10.7. The van der Waals surface area contributed by atoms with Gasteiger partial charge in [0.25, 0.3) is 0 Å². The fraction of sp³-hybridized carbons (Fsp3) is 0.263. The lowest BCUT2D eigenvalue weighted by molar-refractivity contribution is 0.287. The number of ether oxygens (including phenoxy) is 2. The van der Waals surface area contributed by atoms with Crippen LogP contribution in [0.25, 0.3) is 0 Å². The van der Waals surface area contributed by atoms with E-state index < -0.39 is 0 Å². The van der Waals surface area contributed by atoms with Gasteiger partial charge in [-0.3, -0.25) is 0 Å². The summed E-state index contributed by atoms with van der Waals surface area (Å²) < 4.78 is 13.0. The van der Waals surface area contributed by atoms with Gasteiger partial charge in [0.1, 0.15) is 18.1 Å². The van der Waals surface area contributed by atoms with Crippen LogP contribution in [-0.4, -0.2) is 21.9 Å². The van der Waals surface area contributed by atoms with Crippen LogP contribution in [0.2, 0.25) is 10.0 Å². The van der Waals surface area contributed by atoms with Crippen LogP contribution in [-0.2, 0) is 18.9 Å². The van der Waals surface area contributed by atoms with Gasteiger partial charge in [-0.05, 0) is 48.9 Å². The van der Waals surface area contributed by atoms with Crippen LogP contribution >= 0.6 is 35.0 Å². The van der Waals surface area contributed by atoms with Crippen molar-refractivity contribution < 1.29 is 9.47 Å². The highest BCUT2D eigenvalue weighted by Crippen LogP contribution is 2.31. The molecule has 2 aromatic carbocycles. The standard InChI is InChI=1S/C19H19Cl2N3O2S/c1-3-24-18(11-26-14-9-7-13(25-2)8-10-14)22-23-19(24)27-12-15-16(20)5-4-6-17(15)21/h4-10H,3,11-12H2,1-2H3. The molecule has 0 aliphatic heterocycles. The van der Waals surface area contributed by atoms with Crippen LogP contribution < -0.4 is 9.47 Å². The molecule has 0 fully saturated rings. The van der Waals surface area contributed by atoms with Gasteiger partial charge >= 0.3 is 0 Å². The van der Waals surface area contributed by atoms with Crippen LogP contribution in [0.15, 0.2) is 47.6 Å². The van der Waals surface area contributed by atoms with Gasteiger partial charge in [0.15, 0.2) is 11.0 Å². The van der Waals surface area contributed by atoms with Crippen LogP contribution in [0.5, 0.6) is 11.5 Å². The second-order valence-electron chi connectivity index (χ2n) is 5.60. The van der Waals surface area contributed by atoms with E-state index in [4.69, 9.17) is 32.7 Å².